The number of nitrogens with one attached hydrogen (secondary N) is 1. The third kappa shape index (κ3) is 4.10. The lowest BCUT2D eigenvalue weighted by Gasteiger charge is -2.18. The Hall–Kier alpha value is -3.45. The second-order valence-corrected chi connectivity index (χ2v) is 6.92. The monoisotopic (exact) mass is 392 g/mol. The van der Waals surface area contributed by atoms with Crippen molar-refractivity contribution in [3.8, 4) is 11.5 Å². The van der Waals surface area contributed by atoms with Crippen LogP contribution in [0.4, 0.5) is 5.13 Å². The Kier molecular flexibility index (Phi) is 5.16. The molecule has 140 valence electrons. The zero-order valence-electron chi connectivity index (χ0n) is 14.8. The van der Waals surface area contributed by atoms with E-state index in [0.29, 0.717) is 27.8 Å². The van der Waals surface area contributed by atoms with Gasteiger partial charge in [-0.3, -0.25) is 14.9 Å². The Morgan fingerprint density at radius 2 is 2.04 bits per heavy atom. The number of hydrogen-bond acceptors (Lipinski definition) is 6. The molecule has 0 spiro atoms. The maximum Gasteiger partial charge on any atom is 0.264 e. The van der Waals surface area contributed by atoms with E-state index in [1.165, 1.54) is 11.3 Å². The van der Waals surface area contributed by atoms with Crippen molar-refractivity contribution in [3.05, 3.63) is 76.8 Å². The van der Waals surface area contributed by atoms with Crippen LogP contribution in [-0.4, -0.2) is 29.9 Å². The van der Waals surface area contributed by atoms with Crippen LogP contribution in [0.1, 0.15) is 15.9 Å². The van der Waals surface area contributed by atoms with Gasteiger partial charge in [-0.05, 0) is 35.9 Å². The van der Waals surface area contributed by atoms with Crippen molar-refractivity contribution in [1.29, 1.82) is 0 Å². The molecule has 0 unspecified atom stereocenters. The summed E-state index contributed by atoms with van der Waals surface area (Å²) in [5.74, 6) is 0.878. The normalized spacial score (nSPS) is 14.3. The number of Topliss-reactive ketones (excluding diaryl/α,β-unsaturated/α-hetero) is 1. The second-order valence-electron chi connectivity index (χ2n) is 6.03. The molecule has 0 fully saturated rings. The molecule has 28 heavy (non-hydrogen) atoms. The van der Waals surface area contributed by atoms with Gasteiger partial charge in [-0.2, -0.15) is 0 Å². The number of aromatic nitrogens is 1. The highest BCUT2D eigenvalue weighted by atomic mass is 32.1. The van der Waals surface area contributed by atoms with Crippen LogP contribution >= 0.6 is 11.3 Å². The number of nitrogens with zero attached hydrogens (tertiary/aromatic N) is 1. The van der Waals surface area contributed by atoms with E-state index in [1.807, 2.05) is 24.3 Å². The van der Waals surface area contributed by atoms with Crippen molar-refractivity contribution < 1.29 is 19.1 Å². The van der Waals surface area contributed by atoms with Gasteiger partial charge in [0.25, 0.3) is 5.91 Å². The molecule has 2 aromatic carbocycles. The molecule has 0 atom stereocenters. The zero-order chi connectivity index (χ0) is 19.3. The molecular formula is C21H16N2O4S. The van der Waals surface area contributed by atoms with Gasteiger partial charge in [0, 0.05) is 17.2 Å². The first-order valence-electron chi connectivity index (χ1n) is 8.58. The number of anilines is 1. The molecule has 0 saturated heterocycles. The van der Waals surface area contributed by atoms with E-state index < -0.39 is 0 Å². The summed E-state index contributed by atoms with van der Waals surface area (Å²) in [5, 5.41) is 4.97. The van der Waals surface area contributed by atoms with Gasteiger partial charge in [-0.15, -0.1) is 11.3 Å². The van der Waals surface area contributed by atoms with Crippen molar-refractivity contribution in [2.45, 2.75) is 0 Å². The van der Waals surface area contributed by atoms with E-state index >= 15 is 0 Å². The molecule has 1 aliphatic heterocycles. The average molecular weight is 392 g/mol. The number of carbonyl (C=O) groups excluding carboxylic acids is 2. The summed E-state index contributed by atoms with van der Waals surface area (Å²) < 4.78 is 11.1. The minimum absolute atomic E-state index is 0.0268. The van der Waals surface area contributed by atoms with Gasteiger partial charge in [0.05, 0.1) is 5.56 Å². The highest BCUT2D eigenvalue weighted by molar-refractivity contribution is 7.13. The number of para-hydroxylation sites is 1. The maximum atomic E-state index is 12.6. The second kappa shape index (κ2) is 8.06. The summed E-state index contributed by atoms with van der Waals surface area (Å²) >= 11 is 1.34. The Morgan fingerprint density at radius 3 is 2.82 bits per heavy atom. The van der Waals surface area contributed by atoms with Crippen LogP contribution in [0.25, 0.3) is 6.08 Å². The smallest absolute Gasteiger partial charge is 0.264 e. The summed E-state index contributed by atoms with van der Waals surface area (Å²) in [6, 6.07) is 14.4. The predicted molar refractivity (Wildman–Crippen MR) is 107 cm³/mol. The fraction of sp³-hybridized carbons (Fsp3) is 0.0952. The van der Waals surface area contributed by atoms with E-state index in [1.54, 1.807) is 41.9 Å². The molecule has 0 radical (unpaired) electrons. The summed E-state index contributed by atoms with van der Waals surface area (Å²) in [6.07, 6.45) is 3.42. The Labute approximate surface area is 165 Å². The lowest BCUT2D eigenvalue weighted by Crippen LogP contribution is -2.20. The minimum atomic E-state index is -0.273. The molecule has 1 aliphatic rings. The molecule has 0 aliphatic carbocycles. The molecule has 2 heterocycles. The Balaban J connectivity index is 1.38. The Bertz CT molecular complexity index is 1030. The quantitative estimate of drug-likeness (QED) is 0.668. The van der Waals surface area contributed by atoms with Crippen molar-refractivity contribution in [2.24, 2.45) is 0 Å². The third-order valence-corrected chi connectivity index (χ3v) is 4.76. The molecule has 7 heteroatoms. The van der Waals surface area contributed by atoms with Crippen molar-refractivity contribution >= 4 is 34.2 Å². The van der Waals surface area contributed by atoms with Crippen molar-refractivity contribution in [3.63, 3.8) is 0 Å². The number of ether oxygens (including phenoxy) is 2. The van der Waals surface area contributed by atoms with Crippen LogP contribution < -0.4 is 14.8 Å². The largest absolute Gasteiger partial charge is 0.488 e. The van der Waals surface area contributed by atoms with E-state index in [-0.39, 0.29) is 24.9 Å². The lowest BCUT2D eigenvalue weighted by molar-refractivity contribution is -0.118. The molecule has 4 rings (SSSR count). The number of amides is 1. The zero-order valence-corrected chi connectivity index (χ0v) is 15.6. The van der Waals surface area contributed by atoms with Crippen LogP contribution in [0.5, 0.6) is 11.5 Å². The van der Waals surface area contributed by atoms with Gasteiger partial charge in [0.2, 0.25) is 0 Å². The molecule has 0 bridgehead atoms. The molecule has 0 saturated carbocycles. The first kappa shape index (κ1) is 17.9. The van der Waals surface area contributed by atoms with Gasteiger partial charge in [-0.1, -0.05) is 24.3 Å². The summed E-state index contributed by atoms with van der Waals surface area (Å²) in [5.41, 5.74) is 2.02. The maximum absolute atomic E-state index is 12.6. The molecular weight excluding hydrogens is 376 g/mol. The van der Waals surface area contributed by atoms with Gasteiger partial charge in [0.15, 0.2) is 17.5 Å². The average Bonchev–Trinajstić information content (AvgIpc) is 3.23. The van der Waals surface area contributed by atoms with Gasteiger partial charge >= 0.3 is 0 Å². The summed E-state index contributed by atoms with van der Waals surface area (Å²) in [7, 11) is 0. The van der Waals surface area contributed by atoms with E-state index in [4.69, 9.17) is 9.47 Å². The van der Waals surface area contributed by atoms with Crippen LogP contribution in [0.2, 0.25) is 0 Å². The van der Waals surface area contributed by atoms with Crippen molar-refractivity contribution in [2.75, 3.05) is 18.5 Å². The van der Waals surface area contributed by atoms with Crippen LogP contribution in [0.15, 0.2) is 65.7 Å². The standard InChI is InChI=1S/C21H16N2O4S/c24-19(23-21-22-9-10-28-21)13-26-16-7-5-14(6-8-16)11-15-12-27-18-4-2-1-3-17(18)20(15)25/h1-11H,12-13H2,(H,22,23,24)/b15-11+. The SMILES string of the molecule is O=C(COc1ccc(/C=C2\COc3ccccc3C2=O)cc1)Nc1nccs1. The number of carbonyl (C=O) groups is 2. The number of rotatable bonds is 5. The highest BCUT2D eigenvalue weighted by Crippen LogP contribution is 2.27. The molecule has 3 aromatic rings. The van der Waals surface area contributed by atoms with E-state index in [2.05, 4.69) is 10.3 Å². The summed E-state index contributed by atoms with van der Waals surface area (Å²) in [4.78, 5) is 28.4. The number of hydrogen-bond donors (Lipinski definition) is 1. The predicted octanol–water partition coefficient (Wildman–Crippen LogP) is 3.82. The summed E-state index contributed by atoms with van der Waals surface area (Å²) in [6.45, 7) is 0.133. The first-order chi connectivity index (χ1) is 13.7. The topological polar surface area (TPSA) is 77.5 Å². The molecule has 1 aromatic heterocycles. The molecule has 1 amide bonds. The number of benzene rings is 2. The first-order valence-corrected chi connectivity index (χ1v) is 9.46. The number of thiazole rings is 1. The van der Waals surface area contributed by atoms with Gasteiger partial charge in [0.1, 0.15) is 18.1 Å². The van der Waals surface area contributed by atoms with E-state index in [0.717, 1.165) is 5.56 Å². The van der Waals surface area contributed by atoms with Crippen LogP contribution in [-0.2, 0) is 4.79 Å². The van der Waals surface area contributed by atoms with Crippen LogP contribution in [0, 0.1) is 0 Å². The van der Waals surface area contributed by atoms with Crippen LogP contribution in [0.3, 0.4) is 0 Å². The fourth-order valence-corrected chi connectivity index (χ4v) is 3.28. The van der Waals surface area contributed by atoms with E-state index in [9.17, 15) is 9.59 Å². The van der Waals surface area contributed by atoms with Crippen molar-refractivity contribution in [1.82, 2.24) is 4.98 Å². The third-order valence-electron chi connectivity index (χ3n) is 4.08. The van der Waals surface area contributed by atoms with Gasteiger partial charge in [-0.25, -0.2) is 4.98 Å². The highest BCUT2D eigenvalue weighted by Gasteiger charge is 2.22. The number of fused-ring (bicyclic) bond motifs is 1. The van der Waals surface area contributed by atoms with Gasteiger partial charge < -0.3 is 9.47 Å². The number of ketones is 1. The molecule has 6 nitrogen and oxygen atoms in total. The Morgan fingerprint density at radius 1 is 1.21 bits per heavy atom. The minimum Gasteiger partial charge on any atom is -0.488 e. The lowest BCUT2D eigenvalue weighted by atomic mass is 9.98. The molecule has 1 N–H and O–H groups in total. The fourth-order valence-electron chi connectivity index (χ4n) is 2.73.